The Hall–Kier alpha value is -3.13. The van der Waals surface area contributed by atoms with Gasteiger partial charge in [-0.25, -0.2) is 13.7 Å². The Labute approximate surface area is 204 Å². The molecule has 3 aromatic rings. The third-order valence-electron chi connectivity index (χ3n) is 6.63. The van der Waals surface area contributed by atoms with Crippen molar-refractivity contribution in [2.45, 2.75) is 31.4 Å². The van der Waals surface area contributed by atoms with Gasteiger partial charge in [0.1, 0.15) is 17.4 Å². The molecule has 5 rings (SSSR count). The lowest BCUT2D eigenvalue weighted by Gasteiger charge is -2.20. The first-order valence-electron chi connectivity index (χ1n) is 11.5. The van der Waals surface area contributed by atoms with E-state index < -0.39 is 5.82 Å². The number of hydrogen-bond acceptors (Lipinski definition) is 7. The third-order valence-corrected chi connectivity index (χ3v) is 7.98. The predicted octanol–water partition coefficient (Wildman–Crippen LogP) is 3.98. The highest BCUT2D eigenvalue weighted by Crippen LogP contribution is 2.37. The Balaban J connectivity index is 1.50. The molecule has 0 bridgehead atoms. The average Bonchev–Trinajstić information content (AvgIpc) is 3.51. The van der Waals surface area contributed by atoms with E-state index in [1.807, 2.05) is 19.2 Å². The molecule has 0 saturated carbocycles. The topological polar surface area (TPSA) is 102 Å². The van der Waals surface area contributed by atoms with Gasteiger partial charge in [-0.1, -0.05) is 17.6 Å². The summed E-state index contributed by atoms with van der Waals surface area (Å²) in [4.78, 5) is 17.8. The van der Waals surface area contributed by atoms with Crippen molar-refractivity contribution < 1.29 is 13.9 Å². The van der Waals surface area contributed by atoms with Crippen molar-refractivity contribution in [2.24, 2.45) is 4.36 Å². The first-order chi connectivity index (χ1) is 16.9. The highest BCUT2D eigenvalue weighted by molar-refractivity contribution is 7.86. The van der Waals surface area contributed by atoms with E-state index >= 15 is 0 Å². The van der Waals surface area contributed by atoms with Crippen LogP contribution in [0.1, 0.15) is 31.4 Å². The van der Waals surface area contributed by atoms with Crippen LogP contribution in [0.5, 0.6) is 11.5 Å². The highest BCUT2D eigenvalue weighted by atomic mass is 32.2. The standard InChI is InChI=1S/C25H26FN5O3S/c1-3-35(2)30-22-7-5-20(26)23(19(22)12-27)34-17-4-6-21-18(10-17)24(32)31(15-29-21)16-11-25(33-13-16)8-9-28-14-25/h4-7,10,15-16,28H,3,8-9,11,13-14H2,1-2H3/t16-,25+,35?/m0/s1. The second kappa shape index (κ2) is 9.49. The van der Waals surface area contributed by atoms with Crippen molar-refractivity contribution >= 4 is 27.3 Å². The molecule has 0 amide bonds. The Morgan fingerprint density at radius 2 is 2.29 bits per heavy atom. The normalized spacial score (nSPS) is 22.6. The number of nitrogens with zero attached hydrogens (tertiary/aromatic N) is 4. The average molecular weight is 496 g/mol. The summed E-state index contributed by atoms with van der Waals surface area (Å²) in [5, 5.41) is 13.4. The number of hydrogen-bond donors (Lipinski definition) is 1. The van der Waals surface area contributed by atoms with Gasteiger partial charge < -0.3 is 14.8 Å². The molecule has 1 N–H and O–H groups in total. The van der Waals surface area contributed by atoms with Crippen LogP contribution in [-0.4, -0.2) is 46.9 Å². The van der Waals surface area contributed by atoms with Crippen molar-refractivity contribution in [1.29, 1.82) is 5.26 Å². The van der Waals surface area contributed by atoms with Gasteiger partial charge in [0.15, 0.2) is 11.6 Å². The maximum Gasteiger partial charge on any atom is 0.261 e. The minimum atomic E-state index is -0.671. The van der Waals surface area contributed by atoms with E-state index in [4.69, 9.17) is 9.47 Å². The summed E-state index contributed by atoms with van der Waals surface area (Å²) in [6, 6.07) is 9.45. The first-order valence-corrected chi connectivity index (χ1v) is 13.3. The monoisotopic (exact) mass is 495 g/mol. The molecule has 2 aliphatic heterocycles. The number of nitrogens with one attached hydrogen (secondary N) is 1. The number of benzene rings is 2. The Kier molecular flexibility index (Phi) is 6.40. The SMILES string of the molecule is CC/S(C)=N\c1ccc(F)c(Oc2ccc3ncn([C@@H]4CO[C@]5(CCNC5)C4)c(=O)c3c2)c1C#N. The molecule has 10 heteroatoms. The lowest BCUT2D eigenvalue weighted by molar-refractivity contribution is 0.0205. The van der Waals surface area contributed by atoms with E-state index in [1.165, 1.54) is 12.1 Å². The number of halogens is 1. The molecule has 3 atom stereocenters. The fourth-order valence-electron chi connectivity index (χ4n) is 4.64. The smallest absolute Gasteiger partial charge is 0.261 e. The van der Waals surface area contributed by atoms with Crippen molar-refractivity contribution in [3.63, 3.8) is 0 Å². The van der Waals surface area contributed by atoms with Crippen LogP contribution < -0.4 is 15.6 Å². The van der Waals surface area contributed by atoms with Gasteiger partial charge in [-0.05, 0) is 49.6 Å². The van der Waals surface area contributed by atoms with E-state index in [0.29, 0.717) is 23.2 Å². The van der Waals surface area contributed by atoms with Crippen LogP contribution in [0, 0.1) is 17.1 Å². The van der Waals surface area contributed by atoms with Gasteiger partial charge in [-0.3, -0.25) is 9.36 Å². The Bertz CT molecular complexity index is 1430. The van der Waals surface area contributed by atoms with E-state index in [0.717, 1.165) is 31.7 Å². The molecule has 1 spiro atoms. The highest BCUT2D eigenvalue weighted by Gasteiger charge is 2.43. The molecule has 2 aromatic carbocycles. The van der Waals surface area contributed by atoms with Crippen LogP contribution in [-0.2, 0) is 15.4 Å². The van der Waals surface area contributed by atoms with E-state index in [1.54, 1.807) is 29.1 Å². The molecule has 0 aliphatic carbocycles. The van der Waals surface area contributed by atoms with Crippen LogP contribution in [0.4, 0.5) is 10.1 Å². The molecule has 2 fully saturated rings. The zero-order chi connectivity index (χ0) is 24.6. The molecule has 3 heterocycles. The van der Waals surface area contributed by atoms with Gasteiger partial charge in [0.05, 0.1) is 41.2 Å². The molecular formula is C25H26FN5O3S. The van der Waals surface area contributed by atoms with E-state index in [2.05, 4.69) is 14.7 Å². The minimum absolute atomic E-state index is 0.0278. The molecular weight excluding hydrogens is 469 g/mol. The van der Waals surface area contributed by atoms with E-state index in [-0.39, 0.29) is 45.0 Å². The summed E-state index contributed by atoms with van der Waals surface area (Å²) in [7, 11) is -0.301. The molecule has 182 valence electrons. The number of ether oxygens (including phenoxy) is 2. The lowest BCUT2D eigenvalue weighted by Crippen LogP contribution is -2.31. The number of nitriles is 1. The summed E-state index contributed by atoms with van der Waals surface area (Å²) >= 11 is 0. The van der Waals surface area contributed by atoms with Crippen molar-refractivity contribution in [3.05, 3.63) is 58.4 Å². The van der Waals surface area contributed by atoms with Crippen LogP contribution in [0.15, 0.2) is 45.8 Å². The second-order valence-electron chi connectivity index (χ2n) is 8.88. The summed E-state index contributed by atoms with van der Waals surface area (Å²) in [5.74, 6) is 0.179. The molecule has 1 aromatic heterocycles. The van der Waals surface area contributed by atoms with Crippen molar-refractivity contribution in [1.82, 2.24) is 14.9 Å². The molecule has 1 unspecified atom stereocenters. The summed E-state index contributed by atoms with van der Waals surface area (Å²) in [6.07, 6.45) is 5.18. The second-order valence-corrected chi connectivity index (χ2v) is 10.8. The third kappa shape index (κ3) is 4.47. The molecule has 8 nitrogen and oxygen atoms in total. The molecule has 2 saturated heterocycles. The zero-order valence-corrected chi connectivity index (χ0v) is 20.4. The van der Waals surface area contributed by atoms with Crippen molar-refractivity contribution in [3.8, 4) is 17.6 Å². The summed E-state index contributed by atoms with van der Waals surface area (Å²) in [6.45, 7) is 4.14. The zero-order valence-electron chi connectivity index (χ0n) is 19.6. The fraction of sp³-hybridized carbons (Fsp3) is 0.400. The van der Waals surface area contributed by atoms with Crippen LogP contribution in [0.25, 0.3) is 10.9 Å². The van der Waals surface area contributed by atoms with Crippen LogP contribution >= 0.6 is 0 Å². The van der Waals surface area contributed by atoms with Gasteiger partial charge in [-0.15, -0.1) is 0 Å². The largest absolute Gasteiger partial charge is 0.453 e. The van der Waals surface area contributed by atoms with Gasteiger partial charge in [0, 0.05) is 18.7 Å². The van der Waals surface area contributed by atoms with Gasteiger partial charge in [0.25, 0.3) is 5.56 Å². The van der Waals surface area contributed by atoms with Crippen LogP contribution in [0.2, 0.25) is 0 Å². The quantitative estimate of drug-likeness (QED) is 0.575. The number of rotatable bonds is 5. The fourth-order valence-corrected chi connectivity index (χ4v) is 5.25. The van der Waals surface area contributed by atoms with Gasteiger partial charge in [-0.2, -0.15) is 5.26 Å². The molecule has 2 aliphatic rings. The minimum Gasteiger partial charge on any atom is -0.453 e. The van der Waals surface area contributed by atoms with Crippen molar-refractivity contribution in [2.75, 3.05) is 31.7 Å². The van der Waals surface area contributed by atoms with E-state index in [9.17, 15) is 14.4 Å². The lowest BCUT2D eigenvalue weighted by atomic mass is 9.97. The molecule has 0 radical (unpaired) electrons. The predicted molar refractivity (Wildman–Crippen MR) is 133 cm³/mol. The number of aromatic nitrogens is 2. The number of fused-ring (bicyclic) bond motifs is 1. The van der Waals surface area contributed by atoms with Gasteiger partial charge in [0.2, 0.25) is 0 Å². The maximum absolute atomic E-state index is 14.7. The summed E-state index contributed by atoms with van der Waals surface area (Å²) in [5.41, 5.74) is 0.497. The Morgan fingerprint density at radius 1 is 1.43 bits per heavy atom. The molecule has 35 heavy (non-hydrogen) atoms. The van der Waals surface area contributed by atoms with Gasteiger partial charge >= 0.3 is 0 Å². The maximum atomic E-state index is 14.7. The first kappa shape index (κ1) is 23.6. The van der Waals surface area contributed by atoms with Crippen LogP contribution in [0.3, 0.4) is 0 Å². The Morgan fingerprint density at radius 3 is 3.03 bits per heavy atom. The summed E-state index contributed by atoms with van der Waals surface area (Å²) < 4.78 is 32.8.